The van der Waals surface area contributed by atoms with E-state index in [1.165, 1.54) is 16.2 Å². The van der Waals surface area contributed by atoms with Gasteiger partial charge in [-0.1, -0.05) is 24.3 Å². The molecule has 0 atom stereocenters. The zero-order chi connectivity index (χ0) is 25.2. The highest BCUT2D eigenvalue weighted by Crippen LogP contribution is 2.22. The first-order valence-corrected chi connectivity index (χ1v) is 12.0. The molecular weight excluding hydrogens is 468 g/mol. The molecule has 3 aromatic rings. The number of benzene rings is 2. The van der Waals surface area contributed by atoms with Gasteiger partial charge in [-0.3, -0.25) is 19.2 Å². The Bertz CT molecular complexity index is 1190. The lowest BCUT2D eigenvalue weighted by molar-refractivity contribution is -0.151. The third-order valence-electron chi connectivity index (χ3n) is 5.34. The molecule has 0 radical (unpaired) electrons. The van der Waals surface area contributed by atoms with Crippen LogP contribution in [0.2, 0.25) is 0 Å². The summed E-state index contributed by atoms with van der Waals surface area (Å²) in [6, 6.07) is 15.2. The summed E-state index contributed by atoms with van der Waals surface area (Å²) in [5.74, 6) is -0.526. The lowest BCUT2D eigenvalue weighted by Crippen LogP contribution is -2.31. The number of hydrogen-bond donors (Lipinski definition) is 1. The standard InChI is InChI=1S/C26H28N2O6S/c1-28(16-18-5-6-20-15-21(33-2)8-7-19(20)14-18)25(31)17-34-26(32)11-12-27-24(30)10-9-22(29)23-4-3-13-35-23/h3-8,13-15H,9-12,16-17H2,1-2H3,(H,27,30). The summed E-state index contributed by atoms with van der Waals surface area (Å²) < 4.78 is 10.3. The lowest BCUT2D eigenvalue weighted by atomic mass is 10.1. The Kier molecular flexibility index (Phi) is 9.37. The Morgan fingerprint density at radius 1 is 0.971 bits per heavy atom. The first-order chi connectivity index (χ1) is 16.9. The van der Waals surface area contributed by atoms with Crippen LogP contribution in [0.4, 0.5) is 0 Å². The molecule has 0 aliphatic carbocycles. The van der Waals surface area contributed by atoms with E-state index in [1.807, 2.05) is 41.8 Å². The van der Waals surface area contributed by atoms with E-state index >= 15 is 0 Å². The van der Waals surface area contributed by atoms with E-state index in [0.717, 1.165) is 22.1 Å². The van der Waals surface area contributed by atoms with Gasteiger partial charge >= 0.3 is 5.97 Å². The Morgan fingerprint density at radius 3 is 2.49 bits per heavy atom. The van der Waals surface area contributed by atoms with E-state index in [4.69, 9.17) is 9.47 Å². The maximum atomic E-state index is 12.4. The number of likely N-dealkylation sites (N-methyl/N-ethyl adjacent to an activating group) is 1. The molecule has 0 aliphatic rings. The van der Waals surface area contributed by atoms with Crippen LogP contribution >= 0.6 is 11.3 Å². The van der Waals surface area contributed by atoms with E-state index in [0.29, 0.717) is 11.4 Å². The molecule has 1 N–H and O–H groups in total. The van der Waals surface area contributed by atoms with E-state index in [-0.39, 0.29) is 50.0 Å². The van der Waals surface area contributed by atoms with Crippen LogP contribution in [0.25, 0.3) is 10.8 Å². The van der Waals surface area contributed by atoms with E-state index < -0.39 is 5.97 Å². The molecule has 2 amide bonds. The van der Waals surface area contributed by atoms with Gasteiger partial charge in [-0.25, -0.2) is 0 Å². The van der Waals surface area contributed by atoms with Crippen LogP contribution in [-0.2, 0) is 25.7 Å². The highest BCUT2D eigenvalue weighted by atomic mass is 32.1. The lowest BCUT2D eigenvalue weighted by Gasteiger charge is -2.17. The Labute approximate surface area is 207 Å². The molecule has 0 spiro atoms. The van der Waals surface area contributed by atoms with Crippen LogP contribution in [0.1, 0.15) is 34.5 Å². The summed E-state index contributed by atoms with van der Waals surface area (Å²) >= 11 is 1.34. The van der Waals surface area contributed by atoms with E-state index in [9.17, 15) is 19.2 Å². The SMILES string of the molecule is COc1ccc2cc(CN(C)C(=O)COC(=O)CCNC(=O)CCC(=O)c3cccs3)ccc2c1. The van der Waals surface area contributed by atoms with Crippen molar-refractivity contribution in [1.29, 1.82) is 0 Å². The molecule has 0 unspecified atom stereocenters. The zero-order valence-electron chi connectivity index (χ0n) is 19.7. The number of methoxy groups -OCH3 is 1. The van der Waals surface area contributed by atoms with Crippen LogP contribution in [0.5, 0.6) is 5.75 Å². The molecule has 2 aromatic carbocycles. The number of rotatable bonds is 12. The second-order valence-electron chi connectivity index (χ2n) is 7.96. The summed E-state index contributed by atoms with van der Waals surface area (Å²) in [7, 11) is 3.27. The van der Waals surface area contributed by atoms with Crippen LogP contribution < -0.4 is 10.1 Å². The summed E-state index contributed by atoms with van der Waals surface area (Å²) in [5.41, 5.74) is 0.949. The van der Waals surface area contributed by atoms with Gasteiger partial charge in [-0.2, -0.15) is 0 Å². The minimum absolute atomic E-state index is 0.0530. The number of amides is 2. The van der Waals surface area contributed by atoms with Crippen molar-refractivity contribution in [2.75, 3.05) is 27.3 Å². The number of esters is 1. The number of fused-ring (bicyclic) bond motifs is 1. The predicted octanol–water partition coefficient (Wildman–Crippen LogP) is 3.58. The maximum absolute atomic E-state index is 12.4. The number of nitrogens with one attached hydrogen (secondary N) is 1. The molecule has 35 heavy (non-hydrogen) atoms. The van der Waals surface area contributed by atoms with E-state index in [2.05, 4.69) is 5.32 Å². The number of Topliss-reactive ketones (excluding diaryl/α,β-unsaturated/α-hetero) is 1. The molecule has 8 nitrogen and oxygen atoms in total. The third kappa shape index (κ3) is 7.92. The smallest absolute Gasteiger partial charge is 0.308 e. The van der Waals surface area contributed by atoms with Crippen molar-refractivity contribution in [3.63, 3.8) is 0 Å². The van der Waals surface area contributed by atoms with E-state index in [1.54, 1.807) is 26.3 Å². The minimum Gasteiger partial charge on any atom is -0.497 e. The number of carbonyl (C=O) groups is 4. The fraction of sp³-hybridized carbons (Fsp3) is 0.308. The van der Waals surface area contributed by atoms with Gasteiger partial charge in [-0.05, 0) is 46.0 Å². The van der Waals surface area contributed by atoms with Crippen LogP contribution in [0, 0.1) is 0 Å². The van der Waals surface area contributed by atoms with Gasteiger partial charge in [0.15, 0.2) is 12.4 Å². The van der Waals surface area contributed by atoms with Crippen LogP contribution in [0.15, 0.2) is 53.9 Å². The Morgan fingerprint density at radius 2 is 1.74 bits per heavy atom. The first kappa shape index (κ1) is 25.9. The van der Waals surface area contributed by atoms with Crippen LogP contribution in [0.3, 0.4) is 0 Å². The van der Waals surface area contributed by atoms with Crippen molar-refractivity contribution in [1.82, 2.24) is 10.2 Å². The fourth-order valence-electron chi connectivity index (χ4n) is 3.37. The van der Waals surface area contributed by atoms with Crippen molar-refractivity contribution < 1.29 is 28.7 Å². The molecule has 0 saturated heterocycles. The van der Waals surface area contributed by atoms with Crippen molar-refractivity contribution in [3.05, 3.63) is 64.4 Å². The minimum atomic E-state index is -0.582. The summed E-state index contributed by atoms with van der Waals surface area (Å²) in [5, 5.41) is 6.47. The quantitative estimate of drug-likeness (QED) is 0.304. The molecule has 1 heterocycles. The molecule has 3 rings (SSSR count). The zero-order valence-corrected chi connectivity index (χ0v) is 20.6. The molecule has 0 saturated carbocycles. The molecular formula is C26H28N2O6S. The largest absolute Gasteiger partial charge is 0.497 e. The van der Waals surface area contributed by atoms with Crippen molar-refractivity contribution in [3.8, 4) is 5.75 Å². The number of nitrogens with zero attached hydrogens (tertiary/aromatic N) is 1. The maximum Gasteiger partial charge on any atom is 0.308 e. The molecule has 0 bridgehead atoms. The normalized spacial score (nSPS) is 10.6. The van der Waals surface area contributed by atoms with Crippen molar-refractivity contribution >= 4 is 45.7 Å². The third-order valence-corrected chi connectivity index (χ3v) is 6.25. The summed E-state index contributed by atoms with van der Waals surface area (Å²) in [6.07, 6.45) is 0.107. The molecule has 184 valence electrons. The van der Waals surface area contributed by atoms with Crippen LogP contribution in [-0.4, -0.2) is 55.8 Å². The van der Waals surface area contributed by atoms with Gasteiger partial charge in [0.25, 0.3) is 5.91 Å². The van der Waals surface area contributed by atoms with Gasteiger partial charge in [0.2, 0.25) is 5.91 Å². The summed E-state index contributed by atoms with van der Waals surface area (Å²) in [4.78, 5) is 50.2. The molecule has 0 fully saturated rings. The first-order valence-electron chi connectivity index (χ1n) is 11.2. The van der Waals surface area contributed by atoms with Gasteiger partial charge in [0.05, 0.1) is 18.4 Å². The number of carbonyl (C=O) groups excluding carboxylic acids is 4. The number of ether oxygens (including phenoxy) is 2. The molecule has 9 heteroatoms. The van der Waals surface area contributed by atoms with Crippen molar-refractivity contribution in [2.24, 2.45) is 0 Å². The monoisotopic (exact) mass is 496 g/mol. The average molecular weight is 497 g/mol. The molecule has 0 aliphatic heterocycles. The Balaban J connectivity index is 1.34. The van der Waals surface area contributed by atoms with Gasteiger partial charge in [0.1, 0.15) is 5.75 Å². The fourth-order valence-corrected chi connectivity index (χ4v) is 4.06. The molecule has 1 aromatic heterocycles. The summed E-state index contributed by atoms with van der Waals surface area (Å²) in [6.45, 7) is 0.0821. The second kappa shape index (κ2) is 12.7. The van der Waals surface area contributed by atoms with Gasteiger partial charge in [0, 0.05) is 33.0 Å². The highest BCUT2D eigenvalue weighted by Gasteiger charge is 2.14. The Hall–Kier alpha value is -3.72. The highest BCUT2D eigenvalue weighted by molar-refractivity contribution is 7.12. The van der Waals surface area contributed by atoms with Gasteiger partial charge < -0.3 is 19.7 Å². The van der Waals surface area contributed by atoms with Crippen molar-refractivity contribution in [2.45, 2.75) is 25.8 Å². The predicted molar refractivity (Wildman–Crippen MR) is 133 cm³/mol. The second-order valence-corrected chi connectivity index (χ2v) is 8.91. The average Bonchev–Trinajstić information content (AvgIpc) is 3.40. The number of thiophene rings is 1. The number of hydrogen-bond acceptors (Lipinski definition) is 7. The number of ketones is 1. The van der Waals surface area contributed by atoms with Gasteiger partial charge in [-0.15, -0.1) is 11.3 Å². The topological polar surface area (TPSA) is 102 Å².